The highest BCUT2D eigenvalue weighted by Crippen LogP contribution is 2.33. The van der Waals surface area contributed by atoms with Crippen molar-refractivity contribution >= 4 is 40.2 Å². The maximum Gasteiger partial charge on any atom is 0.573 e. The van der Waals surface area contributed by atoms with Gasteiger partial charge in [0, 0.05) is 25.3 Å². The first-order valence-corrected chi connectivity index (χ1v) is 9.85. The molecule has 1 aliphatic rings. The number of carbonyl (C=O) groups excluding carboxylic acids is 2. The maximum absolute atomic E-state index is 12.5. The topological polar surface area (TPSA) is 108 Å². The Morgan fingerprint density at radius 3 is 2.52 bits per heavy atom. The van der Waals surface area contributed by atoms with Gasteiger partial charge in [0.25, 0.3) is 0 Å². The van der Waals surface area contributed by atoms with Crippen LogP contribution in [0.2, 0.25) is 0 Å². The summed E-state index contributed by atoms with van der Waals surface area (Å²) in [6.45, 7) is 1.34. The molecular formula is C21H17F3N4O5. The third kappa shape index (κ3) is 5.13. The van der Waals surface area contributed by atoms with Crippen LogP contribution in [0.15, 0.2) is 46.9 Å². The summed E-state index contributed by atoms with van der Waals surface area (Å²) >= 11 is 0. The normalized spacial score (nSPS) is 14.5. The molecule has 1 fully saturated rings. The summed E-state index contributed by atoms with van der Waals surface area (Å²) in [6, 6.07) is 11.9. The first-order chi connectivity index (χ1) is 15.9. The van der Waals surface area contributed by atoms with Gasteiger partial charge in [-0.2, -0.15) is 14.6 Å². The Labute approximate surface area is 184 Å². The van der Waals surface area contributed by atoms with Gasteiger partial charge < -0.3 is 18.5 Å². The van der Waals surface area contributed by atoms with Crippen LogP contribution < -0.4 is 10.1 Å². The molecular weight excluding hydrogens is 445 g/mol. The third-order valence-electron chi connectivity index (χ3n) is 4.96. The van der Waals surface area contributed by atoms with Gasteiger partial charge in [-0.05, 0) is 37.1 Å². The molecule has 0 spiro atoms. The standard InChI is InChI=1S/C20H17F3N4O3.CO2/c21-20(22,23)30-13-5-6-15-17(11-13)29-19(25-15)26-18-24-14-3-1-2-4-16(14)27(18)12-7-9-28-10-8-12;2-1-3/h1-6,11-12H,7-10H2,(H,24,25,26);. The number of oxazole rings is 1. The van der Waals surface area contributed by atoms with E-state index >= 15 is 0 Å². The van der Waals surface area contributed by atoms with E-state index in [1.807, 2.05) is 24.3 Å². The molecule has 0 atom stereocenters. The van der Waals surface area contributed by atoms with Gasteiger partial charge in [-0.3, -0.25) is 5.32 Å². The number of hydrogen-bond donors (Lipinski definition) is 1. The minimum Gasteiger partial charge on any atom is -0.423 e. The van der Waals surface area contributed by atoms with Crippen LogP contribution >= 0.6 is 0 Å². The van der Waals surface area contributed by atoms with E-state index in [1.54, 1.807) is 0 Å². The van der Waals surface area contributed by atoms with Crippen molar-refractivity contribution in [3.05, 3.63) is 42.5 Å². The van der Waals surface area contributed by atoms with Crippen LogP contribution in [-0.4, -0.2) is 40.3 Å². The van der Waals surface area contributed by atoms with E-state index in [-0.39, 0.29) is 29.5 Å². The Morgan fingerprint density at radius 2 is 1.79 bits per heavy atom. The van der Waals surface area contributed by atoms with E-state index in [1.165, 1.54) is 12.1 Å². The van der Waals surface area contributed by atoms with E-state index < -0.39 is 6.36 Å². The highest BCUT2D eigenvalue weighted by molar-refractivity contribution is 5.80. The number of para-hydroxylation sites is 2. The molecule has 0 saturated carbocycles. The predicted octanol–water partition coefficient (Wildman–Crippen LogP) is 4.59. The zero-order valence-electron chi connectivity index (χ0n) is 17.0. The number of rotatable bonds is 4. The lowest BCUT2D eigenvalue weighted by molar-refractivity contribution is -0.274. The number of nitrogens with one attached hydrogen (secondary N) is 1. The minimum atomic E-state index is -4.77. The molecule has 0 bridgehead atoms. The summed E-state index contributed by atoms with van der Waals surface area (Å²) in [5.41, 5.74) is 2.38. The molecule has 1 saturated heterocycles. The fourth-order valence-electron chi connectivity index (χ4n) is 3.70. The first-order valence-electron chi connectivity index (χ1n) is 9.85. The Morgan fingerprint density at radius 1 is 1.06 bits per heavy atom. The Hall–Kier alpha value is -3.89. The lowest BCUT2D eigenvalue weighted by atomic mass is 10.1. The average Bonchev–Trinajstić information content (AvgIpc) is 3.33. The van der Waals surface area contributed by atoms with Crippen molar-refractivity contribution in [1.82, 2.24) is 14.5 Å². The lowest BCUT2D eigenvalue weighted by Gasteiger charge is -2.25. The Kier molecular flexibility index (Phi) is 6.29. The molecule has 9 nitrogen and oxygen atoms in total. The second kappa shape index (κ2) is 9.31. The van der Waals surface area contributed by atoms with Gasteiger partial charge in [-0.25, -0.2) is 4.98 Å². The number of imidazole rings is 1. The second-order valence-electron chi connectivity index (χ2n) is 7.04. The molecule has 0 unspecified atom stereocenters. The summed E-state index contributed by atoms with van der Waals surface area (Å²) < 4.78 is 54.5. The average molecular weight is 462 g/mol. The van der Waals surface area contributed by atoms with Crippen molar-refractivity contribution in [2.45, 2.75) is 25.2 Å². The molecule has 4 aromatic rings. The van der Waals surface area contributed by atoms with Gasteiger partial charge >= 0.3 is 18.5 Å². The van der Waals surface area contributed by atoms with Crippen LogP contribution in [0.4, 0.5) is 25.1 Å². The van der Waals surface area contributed by atoms with Crippen LogP contribution in [0.1, 0.15) is 18.9 Å². The molecule has 172 valence electrons. The van der Waals surface area contributed by atoms with Crippen LogP contribution in [0.25, 0.3) is 22.1 Å². The number of ether oxygens (including phenoxy) is 2. The van der Waals surface area contributed by atoms with E-state index in [2.05, 4.69) is 24.6 Å². The number of halogens is 3. The number of fused-ring (bicyclic) bond motifs is 2. The molecule has 33 heavy (non-hydrogen) atoms. The zero-order valence-corrected chi connectivity index (χ0v) is 17.0. The quantitative estimate of drug-likeness (QED) is 0.469. The molecule has 2 aromatic heterocycles. The Balaban J connectivity index is 0.000000821. The summed E-state index contributed by atoms with van der Waals surface area (Å²) in [6.07, 6.45) is -2.83. The monoisotopic (exact) mass is 462 g/mol. The molecule has 2 aromatic carbocycles. The van der Waals surface area contributed by atoms with Crippen molar-refractivity contribution in [2.75, 3.05) is 18.5 Å². The fourth-order valence-corrected chi connectivity index (χ4v) is 3.70. The number of alkyl halides is 3. The number of benzene rings is 2. The van der Waals surface area contributed by atoms with E-state index in [9.17, 15) is 13.2 Å². The van der Waals surface area contributed by atoms with Gasteiger partial charge in [0.15, 0.2) is 5.58 Å². The molecule has 3 heterocycles. The number of hydrogen-bond acceptors (Lipinski definition) is 8. The third-order valence-corrected chi connectivity index (χ3v) is 4.96. The zero-order chi connectivity index (χ0) is 23.4. The highest BCUT2D eigenvalue weighted by Gasteiger charge is 2.31. The molecule has 0 radical (unpaired) electrons. The van der Waals surface area contributed by atoms with Crippen LogP contribution in [0.5, 0.6) is 5.75 Å². The molecule has 12 heteroatoms. The first kappa shape index (κ1) is 22.3. The van der Waals surface area contributed by atoms with Crippen molar-refractivity contribution in [3.63, 3.8) is 0 Å². The van der Waals surface area contributed by atoms with Crippen molar-refractivity contribution in [1.29, 1.82) is 0 Å². The Bertz CT molecular complexity index is 1290. The van der Waals surface area contributed by atoms with E-state index in [0.29, 0.717) is 24.7 Å². The van der Waals surface area contributed by atoms with Crippen LogP contribution in [0.3, 0.4) is 0 Å². The van der Waals surface area contributed by atoms with Crippen molar-refractivity contribution in [3.8, 4) is 5.75 Å². The molecule has 1 aliphatic heterocycles. The maximum atomic E-state index is 12.5. The molecule has 1 N–H and O–H groups in total. The molecule has 0 amide bonds. The van der Waals surface area contributed by atoms with Crippen molar-refractivity contribution < 1.29 is 36.7 Å². The van der Waals surface area contributed by atoms with Gasteiger partial charge in [-0.15, -0.1) is 13.2 Å². The molecule has 0 aliphatic carbocycles. The van der Waals surface area contributed by atoms with Gasteiger partial charge in [0.1, 0.15) is 11.3 Å². The van der Waals surface area contributed by atoms with Crippen molar-refractivity contribution in [2.24, 2.45) is 0 Å². The molecule has 5 rings (SSSR count). The van der Waals surface area contributed by atoms with Gasteiger partial charge in [-0.1, -0.05) is 12.1 Å². The van der Waals surface area contributed by atoms with E-state index in [0.717, 1.165) is 29.9 Å². The SMILES string of the molecule is FC(F)(F)Oc1ccc2nc(Nc3nc4ccccc4n3C3CCOCC3)oc2c1.O=C=O. The predicted molar refractivity (Wildman–Crippen MR) is 108 cm³/mol. The number of anilines is 2. The summed E-state index contributed by atoms with van der Waals surface area (Å²) in [5, 5.41) is 3.09. The summed E-state index contributed by atoms with van der Waals surface area (Å²) in [5.74, 6) is 0.188. The van der Waals surface area contributed by atoms with Crippen LogP contribution in [-0.2, 0) is 14.3 Å². The fraction of sp³-hybridized carbons (Fsp3) is 0.286. The highest BCUT2D eigenvalue weighted by atomic mass is 19.4. The summed E-state index contributed by atoms with van der Waals surface area (Å²) in [4.78, 5) is 25.2. The number of aromatic nitrogens is 3. The largest absolute Gasteiger partial charge is 0.573 e. The van der Waals surface area contributed by atoms with Gasteiger partial charge in [0.2, 0.25) is 5.95 Å². The lowest BCUT2D eigenvalue weighted by Crippen LogP contribution is -2.20. The van der Waals surface area contributed by atoms with E-state index in [4.69, 9.17) is 18.7 Å². The second-order valence-corrected chi connectivity index (χ2v) is 7.04. The minimum absolute atomic E-state index is 0.137. The summed E-state index contributed by atoms with van der Waals surface area (Å²) in [7, 11) is 0. The van der Waals surface area contributed by atoms with Crippen LogP contribution in [0, 0.1) is 0 Å². The van der Waals surface area contributed by atoms with Gasteiger partial charge in [0.05, 0.1) is 11.0 Å². The number of nitrogens with zero attached hydrogens (tertiary/aromatic N) is 3. The smallest absolute Gasteiger partial charge is 0.423 e.